The van der Waals surface area contributed by atoms with E-state index >= 15 is 0 Å². The Bertz CT molecular complexity index is 2310. The number of methoxy groups -OCH3 is 1. The van der Waals surface area contributed by atoms with Crippen LogP contribution in [0.15, 0.2) is 78.9 Å². The van der Waals surface area contributed by atoms with E-state index in [0.717, 1.165) is 49.1 Å². The summed E-state index contributed by atoms with van der Waals surface area (Å²) >= 11 is 6.25. The van der Waals surface area contributed by atoms with Gasteiger partial charge in [0.05, 0.1) is 30.5 Å². The van der Waals surface area contributed by atoms with Gasteiger partial charge in [-0.3, -0.25) is 23.6 Å². The fraction of sp³-hybridized carbons (Fsp3) is 0.482. The van der Waals surface area contributed by atoms with E-state index in [4.69, 9.17) is 27.2 Å². The minimum absolute atomic E-state index is 0. The maximum Gasteiger partial charge on any atom is 2.00 e. The molecule has 1 saturated carbocycles. The minimum Gasteiger partial charge on any atom is -0.693 e. The summed E-state index contributed by atoms with van der Waals surface area (Å²) in [7, 11) is 3.54. The number of ether oxygens (including phenoxy) is 1. The average molecular weight is 1210 g/mol. The molecular weight excluding hydrogens is 1140 g/mol. The maximum atomic E-state index is 14.2. The molecule has 4 aromatic rings. The number of likely N-dealkylation sites (tertiary alicyclic amines) is 2. The van der Waals surface area contributed by atoms with Crippen molar-refractivity contribution in [1.29, 1.82) is 0 Å². The third kappa shape index (κ3) is 20.5. The van der Waals surface area contributed by atoms with Crippen molar-refractivity contribution in [3.63, 3.8) is 0 Å². The van der Waals surface area contributed by atoms with Crippen molar-refractivity contribution in [2.24, 2.45) is 17.6 Å². The Kier molecular flexibility index (Phi) is 30.8. The first-order chi connectivity index (χ1) is 34.8. The van der Waals surface area contributed by atoms with E-state index < -0.39 is 11.6 Å². The Morgan fingerprint density at radius 3 is 2.14 bits per heavy atom. The van der Waals surface area contributed by atoms with Crippen molar-refractivity contribution in [3.05, 3.63) is 119 Å². The number of aldehydes is 1. The van der Waals surface area contributed by atoms with Crippen molar-refractivity contribution in [2.75, 3.05) is 58.7 Å². The zero-order valence-electron chi connectivity index (χ0n) is 43.3. The van der Waals surface area contributed by atoms with E-state index in [-0.39, 0.29) is 87.3 Å². The molecule has 1 aliphatic carbocycles. The molecule has 74 heavy (non-hydrogen) atoms. The molecule has 18 heteroatoms. The van der Waals surface area contributed by atoms with E-state index in [2.05, 4.69) is 36.0 Å². The molecule has 404 valence electrons. The SMILES string of the molecule is CCC[C@@H](C)O.CNC1CCCCC1.COc1ccc(C(=O)N2CCC(C(=O)N3CCC(C=O)CC3)CC2)cc1NC(=O)CCNC=O.NCC(c1ccccc1)c1ccc(Cl)c(-c2[c-]ccc(O)c2F)c1.[NH2-].[W+2]. The number of hydrogen-bond donors (Lipinski definition) is 6. The summed E-state index contributed by atoms with van der Waals surface area (Å²) in [6.45, 7) is 6.68. The van der Waals surface area contributed by atoms with E-state index in [1.54, 1.807) is 35.2 Å². The van der Waals surface area contributed by atoms with Gasteiger partial charge in [-0.1, -0.05) is 104 Å². The van der Waals surface area contributed by atoms with Crippen LogP contribution in [0.2, 0.25) is 5.02 Å². The van der Waals surface area contributed by atoms with Crippen LogP contribution in [0.1, 0.15) is 118 Å². The Morgan fingerprint density at radius 1 is 0.919 bits per heavy atom. The van der Waals surface area contributed by atoms with E-state index in [1.807, 2.05) is 48.2 Å². The number of nitrogens with one attached hydrogen (secondary N) is 3. The minimum atomic E-state index is -0.736. The second kappa shape index (κ2) is 35.1. The van der Waals surface area contributed by atoms with Crippen LogP contribution >= 0.6 is 11.6 Å². The molecule has 0 spiro atoms. The van der Waals surface area contributed by atoms with Gasteiger partial charge in [-0.25, -0.2) is 0 Å². The van der Waals surface area contributed by atoms with Crippen molar-refractivity contribution in [3.8, 4) is 22.6 Å². The molecular formula is C56H77ClFN7O8W. The van der Waals surface area contributed by atoms with Crippen LogP contribution in [0.25, 0.3) is 17.3 Å². The second-order valence-corrected chi connectivity index (χ2v) is 18.8. The van der Waals surface area contributed by atoms with Gasteiger partial charge in [0.1, 0.15) is 12.0 Å². The van der Waals surface area contributed by atoms with Gasteiger partial charge < -0.3 is 57.4 Å². The molecule has 3 aliphatic rings. The first-order valence-corrected chi connectivity index (χ1v) is 25.6. The fourth-order valence-electron chi connectivity index (χ4n) is 9.00. The van der Waals surface area contributed by atoms with E-state index in [0.29, 0.717) is 79.6 Å². The number of piperidine rings is 2. The average Bonchev–Trinajstić information content (AvgIpc) is 3.41. The molecule has 2 saturated heterocycles. The zero-order valence-corrected chi connectivity index (χ0v) is 47.0. The number of phenolic OH excluding ortho intramolecular Hbond substituents is 1. The normalized spacial score (nSPS) is 15.5. The van der Waals surface area contributed by atoms with Crippen molar-refractivity contribution in [2.45, 2.75) is 109 Å². The van der Waals surface area contributed by atoms with Gasteiger partial charge in [-0.05, 0) is 88.2 Å². The summed E-state index contributed by atoms with van der Waals surface area (Å²) in [6.07, 6.45) is 13.3. The van der Waals surface area contributed by atoms with Crippen LogP contribution in [0.5, 0.6) is 11.5 Å². The number of benzene rings is 4. The topological polar surface area (TPSA) is 237 Å². The number of halogens is 2. The smallest absolute Gasteiger partial charge is 0.693 e. The molecule has 2 aliphatic heterocycles. The molecule has 3 fully saturated rings. The Hall–Kier alpha value is -5.22. The largest absolute Gasteiger partial charge is 2.00 e. The van der Waals surface area contributed by atoms with Crippen LogP contribution in [-0.4, -0.2) is 116 Å². The third-order valence-electron chi connectivity index (χ3n) is 13.2. The molecule has 15 nitrogen and oxygen atoms in total. The second-order valence-electron chi connectivity index (χ2n) is 18.4. The standard InChI is InChI=1S/C24H32N4O6.C20H16ClFNO.C7H15N.C5H12O.H2N.W/c1-34-21-3-2-19(14-20(21)26-22(31)4-9-25-16-30)24(33)28-12-7-18(8-13-28)23(32)27-10-5-17(15-29)6-11-27;21-18-10-9-14(17(12-23)13-5-2-1-3-6-13)11-16(18)15-7-4-8-19(24)20(15)22;1-8-7-5-3-2-4-6-7;1-3-4-5(2)6;;/h2-3,14-18H,4-13H2,1H3,(H,25,30)(H,26,31);1-6,8-11,17,24H,12,23H2;7-8H,2-6H2,1H3;5-6H,3-4H2,1-2H3;1H2;/q;-1;;;-1;+2/t;;;5-;;/m...1../s1. The molecule has 1 unspecified atom stereocenters. The van der Waals surface area contributed by atoms with Crippen LogP contribution in [0, 0.1) is 23.7 Å². The number of aliphatic hydroxyl groups is 1. The molecule has 2 atom stereocenters. The quantitative estimate of drug-likeness (QED) is 0.0353. The number of anilines is 1. The van der Waals surface area contributed by atoms with Crippen molar-refractivity contribution < 1.29 is 64.4 Å². The monoisotopic (exact) mass is 1210 g/mol. The number of carbonyl (C=O) groups excluding carboxylic acids is 5. The number of amides is 4. The number of carbonyl (C=O) groups is 5. The molecule has 7 rings (SSSR count). The summed E-state index contributed by atoms with van der Waals surface area (Å²) in [5.74, 6) is -1.18. The molecule has 4 aromatic carbocycles. The number of nitrogens with two attached hydrogens (primary N) is 2. The van der Waals surface area contributed by atoms with Crippen LogP contribution < -0.4 is 26.4 Å². The molecule has 0 radical (unpaired) electrons. The first kappa shape index (κ1) is 64.9. The number of hydrogen-bond acceptors (Lipinski definition) is 10. The Balaban J connectivity index is 0.000000404. The molecule has 2 heterocycles. The summed E-state index contributed by atoms with van der Waals surface area (Å²) in [5.41, 5.74) is 9.40. The third-order valence-corrected chi connectivity index (χ3v) is 13.5. The van der Waals surface area contributed by atoms with Crippen molar-refractivity contribution >= 4 is 47.7 Å². The molecule has 9 N–H and O–H groups in total. The van der Waals surface area contributed by atoms with E-state index in [1.165, 1.54) is 51.3 Å². The zero-order chi connectivity index (χ0) is 52.4. The van der Waals surface area contributed by atoms with Crippen LogP contribution in [-0.2, 0) is 40.2 Å². The number of rotatable bonds is 16. The summed E-state index contributed by atoms with van der Waals surface area (Å²) in [6, 6.07) is 26.5. The summed E-state index contributed by atoms with van der Waals surface area (Å²) in [5, 5.41) is 27.0. The molecule has 4 amide bonds. The predicted octanol–water partition coefficient (Wildman–Crippen LogP) is 9.22. The van der Waals surface area contributed by atoms with E-state index in [9.17, 15) is 33.5 Å². The van der Waals surface area contributed by atoms with Crippen LogP contribution in [0.4, 0.5) is 10.1 Å². The van der Waals surface area contributed by atoms with Gasteiger partial charge >= 0.3 is 21.1 Å². The van der Waals surface area contributed by atoms with Crippen LogP contribution in [0.3, 0.4) is 0 Å². The molecule has 0 aromatic heterocycles. The maximum absolute atomic E-state index is 14.2. The number of aromatic hydroxyl groups is 1. The summed E-state index contributed by atoms with van der Waals surface area (Å²) < 4.78 is 19.5. The molecule has 0 bridgehead atoms. The van der Waals surface area contributed by atoms with Gasteiger partial charge in [0.25, 0.3) is 5.91 Å². The van der Waals surface area contributed by atoms with Gasteiger partial charge in [0.2, 0.25) is 18.2 Å². The fourth-order valence-corrected chi connectivity index (χ4v) is 9.21. The number of phenols is 1. The van der Waals surface area contributed by atoms with Gasteiger partial charge in [0.15, 0.2) is 0 Å². The van der Waals surface area contributed by atoms with Gasteiger partial charge in [-0.2, -0.15) is 0 Å². The Morgan fingerprint density at radius 2 is 1.58 bits per heavy atom. The summed E-state index contributed by atoms with van der Waals surface area (Å²) in [4.78, 5) is 62.9. The number of aliphatic hydroxyl groups excluding tert-OH is 1. The van der Waals surface area contributed by atoms with Gasteiger partial charge in [0, 0.05) is 80.1 Å². The first-order valence-electron chi connectivity index (χ1n) is 25.3. The Labute approximate surface area is 456 Å². The van der Waals surface area contributed by atoms with Crippen molar-refractivity contribution in [1.82, 2.24) is 20.4 Å². The number of nitrogens with zero attached hydrogens (tertiary/aromatic N) is 2. The predicted molar refractivity (Wildman–Crippen MR) is 287 cm³/mol. The van der Waals surface area contributed by atoms with Gasteiger partial charge in [-0.15, -0.1) is 17.7 Å².